The number of nitrogens with zero attached hydrogens (tertiary/aromatic N) is 6. The largest absolute Gasteiger partial charge is 0.501 e. The molecule has 606 valence electrons. The number of halogens is 4. The number of carbonyl (C=O) groups is 5. The third-order valence-electron chi connectivity index (χ3n) is 21.9. The number of benzene rings is 5. The molecule has 4 saturated heterocycles. The van der Waals surface area contributed by atoms with E-state index in [0.29, 0.717) is 94.9 Å². The number of thiazole rings is 1. The number of alkyl halides is 3. The van der Waals surface area contributed by atoms with Crippen LogP contribution in [-0.2, 0) is 43.8 Å². The van der Waals surface area contributed by atoms with E-state index in [9.17, 15) is 59.1 Å². The van der Waals surface area contributed by atoms with Crippen molar-refractivity contribution in [3.05, 3.63) is 160 Å². The number of β-amino-alcohol motifs (C(OH)–C–C–N with tert-alkyl or cyclic N) is 1. The number of sulfone groups is 1. The van der Waals surface area contributed by atoms with Gasteiger partial charge in [0.15, 0.2) is 0 Å². The molecule has 0 radical (unpaired) electrons. The Balaban J connectivity index is 0.634. The van der Waals surface area contributed by atoms with Crippen LogP contribution in [0.1, 0.15) is 145 Å². The molecule has 5 aliphatic rings. The van der Waals surface area contributed by atoms with E-state index in [4.69, 9.17) is 16.3 Å². The molecular formula is C82H105ClF3N11O11S4. The van der Waals surface area contributed by atoms with Crippen LogP contribution < -0.4 is 30.9 Å². The number of amides is 5. The minimum absolute atomic E-state index is 0.00669. The van der Waals surface area contributed by atoms with Gasteiger partial charge < -0.3 is 45.8 Å². The molecule has 6 N–H and O–H groups in total. The third kappa shape index (κ3) is 22.8. The number of thioether (sulfide) groups is 1. The van der Waals surface area contributed by atoms with Crippen molar-refractivity contribution >= 4 is 101 Å². The van der Waals surface area contributed by atoms with E-state index in [1.165, 1.54) is 39.9 Å². The number of anilines is 2. The number of sulfonamides is 1. The number of hydrogen-bond acceptors (Lipinski definition) is 19. The third-order valence-corrected chi connectivity index (χ3v) is 27.2. The minimum atomic E-state index is -6.11. The number of rotatable bonds is 31. The fraction of sp³-hybridized carbons (Fsp3) is 0.512. The molecule has 112 heavy (non-hydrogen) atoms. The average Bonchev–Trinajstić information content (AvgIpc) is 1.13. The van der Waals surface area contributed by atoms with Crippen molar-refractivity contribution in [3.63, 3.8) is 0 Å². The van der Waals surface area contributed by atoms with E-state index >= 15 is 0 Å². The summed E-state index contributed by atoms with van der Waals surface area (Å²) in [4.78, 5) is 83.8. The summed E-state index contributed by atoms with van der Waals surface area (Å²) < 4.78 is 105. The van der Waals surface area contributed by atoms with E-state index in [1.54, 1.807) is 23.5 Å². The quantitative estimate of drug-likeness (QED) is 0.0174. The lowest BCUT2D eigenvalue weighted by Gasteiger charge is -2.44. The van der Waals surface area contributed by atoms with Gasteiger partial charge in [0.1, 0.15) is 17.0 Å². The zero-order chi connectivity index (χ0) is 80.1. The Labute approximate surface area is 669 Å². The summed E-state index contributed by atoms with van der Waals surface area (Å²) >= 11 is 9.41. The number of aromatic nitrogens is 1. The Hall–Kier alpha value is -7.45. The fourth-order valence-corrected chi connectivity index (χ4v) is 19.6. The molecule has 0 saturated carbocycles. The van der Waals surface area contributed by atoms with Gasteiger partial charge in [-0.3, -0.25) is 33.8 Å². The fourth-order valence-electron chi connectivity index (χ4n) is 15.7. The van der Waals surface area contributed by atoms with Gasteiger partial charge in [-0.25, -0.2) is 26.5 Å². The Morgan fingerprint density at radius 2 is 1.48 bits per heavy atom. The predicted molar refractivity (Wildman–Crippen MR) is 433 cm³/mol. The highest BCUT2D eigenvalue weighted by molar-refractivity contribution is 7.99. The van der Waals surface area contributed by atoms with E-state index in [2.05, 4.69) is 64.9 Å². The average molecular weight is 1640 g/mol. The van der Waals surface area contributed by atoms with Crippen LogP contribution in [-0.4, -0.2) is 209 Å². The van der Waals surface area contributed by atoms with E-state index in [0.717, 1.165) is 121 Å². The maximum Gasteiger partial charge on any atom is 0.501 e. The highest BCUT2D eigenvalue weighted by atomic mass is 35.5. The van der Waals surface area contributed by atoms with Gasteiger partial charge >= 0.3 is 5.51 Å². The number of nitrogens with one attached hydrogen (secondary N) is 5. The predicted octanol–water partition coefficient (Wildman–Crippen LogP) is 12.1. The van der Waals surface area contributed by atoms with Crippen LogP contribution in [0.4, 0.5) is 24.5 Å². The molecule has 4 aliphatic heterocycles. The summed E-state index contributed by atoms with van der Waals surface area (Å²) in [6.45, 7) is 20.7. The summed E-state index contributed by atoms with van der Waals surface area (Å²) in [6.07, 6.45) is 6.34. The van der Waals surface area contributed by atoms with Gasteiger partial charge in [-0.05, 0) is 172 Å². The summed E-state index contributed by atoms with van der Waals surface area (Å²) in [5, 5.41) is 23.8. The molecule has 11 rings (SSSR count). The zero-order valence-corrected chi connectivity index (χ0v) is 68.6. The van der Waals surface area contributed by atoms with E-state index in [-0.39, 0.29) is 60.2 Å². The van der Waals surface area contributed by atoms with Crippen molar-refractivity contribution in [2.24, 2.45) is 10.8 Å². The van der Waals surface area contributed by atoms with Gasteiger partial charge in [0.25, 0.3) is 25.8 Å². The highest BCUT2D eigenvalue weighted by Crippen LogP contribution is 2.45. The first kappa shape index (κ1) is 85.4. The lowest BCUT2D eigenvalue weighted by atomic mass is 9.71. The highest BCUT2D eigenvalue weighted by Gasteiger charge is 2.49. The molecular weight excluding hydrogens is 1540 g/mol. The van der Waals surface area contributed by atoms with Crippen molar-refractivity contribution in [3.8, 4) is 10.4 Å². The lowest BCUT2D eigenvalue weighted by Crippen LogP contribution is -2.57. The van der Waals surface area contributed by atoms with Crippen molar-refractivity contribution in [2.45, 2.75) is 175 Å². The number of aliphatic hydroxyl groups is 1. The number of aliphatic hydroxyl groups excluding tert-OH is 1. The molecule has 22 nitrogen and oxygen atoms in total. The van der Waals surface area contributed by atoms with Crippen LogP contribution in [0.15, 0.2) is 147 Å². The van der Waals surface area contributed by atoms with E-state index < -0.39 is 82.3 Å². The molecule has 0 spiro atoms. The zero-order valence-electron chi connectivity index (χ0n) is 64.5. The second kappa shape index (κ2) is 37.9. The van der Waals surface area contributed by atoms with Crippen LogP contribution >= 0.6 is 34.7 Å². The van der Waals surface area contributed by atoms with Crippen molar-refractivity contribution < 1.29 is 63.8 Å². The summed E-state index contributed by atoms with van der Waals surface area (Å²) in [5.74, 6) is -1.85. The van der Waals surface area contributed by atoms with Crippen LogP contribution in [0.2, 0.25) is 5.02 Å². The van der Waals surface area contributed by atoms with Crippen LogP contribution in [0.3, 0.4) is 0 Å². The first-order chi connectivity index (χ1) is 53.3. The van der Waals surface area contributed by atoms with Crippen LogP contribution in [0.5, 0.6) is 0 Å². The SMILES string of the molecule is Cc1ncsc1-c1ccc([C@H](C)NC(=O)[C@@H]2C[C@@H](O)CN2C(=O)[C@@H](NC(=O)CCCCCC(=O)N[C@@H]2CCCN(CC3(C)CCC(c4ccc(Cl)cc4)=C(CN4CCN(c5ccc(C(=O)NS(=O)(=O)c6ccc(N[C@H](CCN7CCOCC7)CSc7ccccc7)c(S(=O)(=O)C(F)(F)F)c6)cc5)CC4)C3)C2)C(C)(C)C)cc1. The number of piperazine rings is 1. The molecule has 7 atom stereocenters. The Morgan fingerprint density at radius 1 is 0.795 bits per heavy atom. The Morgan fingerprint density at radius 3 is 2.15 bits per heavy atom. The molecule has 30 heteroatoms. The smallest absolute Gasteiger partial charge is 0.391 e. The lowest BCUT2D eigenvalue weighted by molar-refractivity contribution is -0.144. The van der Waals surface area contributed by atoms with Crippen LogP contribution in [0.25, 0.3) is 16.0 Å². The molecule has 1 aromatic heterocycles. The molecule has 6 aromatic rings. The van der Waals surface area contributed by atoms with Gasteiger partial charge in [0.2, 0.25) is 23.6 Å². The Bertz CT molecular complexity index is 4510. The monoisotopic (exact) mass is 1640 g/mol. The van der Waals surface area contributed by atoms with Crippen molar-refractivity contribution in [1.82, 2.24) is 45.3 Å². The molecule has 4 fully saturated rings. The van der Waals surface area contributed by atoms with Crippen molar-refractivity contribution in [1.29, 1.82) is 0 Å². The molecule has 1 aliphatic carbocycles. The number of hydrogen-bond donors (Lipinski definition) is 6. The van der Waals surface area contributed by atoms with E-state index in [1.807, 2.05) is 112 Å². The number of unbranched alkanes of at least 4 members (excludes halogenated alkanes) is 2. The summed E-state index contributed by atoms with van der Waals surface area (Å²) in [7, 11) is -11.0. The van der Waals surface area contributed by atoms with Gasteiger partial charge in [0, 0.05) is 130 Å². The molecule has 5 amide bonds. The maximum atomic E-state index is 14.4. The number of likely N-dealkylation sites (tertiary alicyclic amines) is 2. The maximum absolute atomic E-state index is 14.4. The molecule has 5 heterocycles. The topological polar surface area (TPSA) is 272 Å². The first-order valence-corrected chi connectivity index (χ1v) is 43.9. The number of piperidine rings is 1. The standard InChI is InChI=1S/C82H105ClF3N11O11S4/c1-55(57-19-21-59(22-20-57)75-56(2)87-54-110-75)88-78(102)71-46-66(98)51-97(71)79(103)76(80(3,4)5)91-74(100)18-12-8-11-17-73(99)90-63-14-13-36-95(50-63)53-81(6)35-33-69(58-23-27-62(83)28-24-58)61(48-81)49-94-38-40-96(41-39-94)65-29-25-60(26-30-65)77(101)92-112(106,107)68-31-32-70(72(47-68)111(104,105)82(84,85)86)89-64(34-37-93-42-44-108-45-43-93)52-109-67-15-9-7-10-16-67/h7,9-10,15-16,19-32,47,54-55,63-64,66,71,76,89,98H,8,11-14,17-18,33-46,48-53H2,1-6H3,(H,88,102)(H,90,99)(H,91,100)(H,92,101)/t55-,63+,64+,66+,71-,76+,81?/m0/s1. The normalized spacial score (nSPS) is 20.7. The van der Waals surface area contributed by atoms with Gasteiger partial charge in [-0.15, -0.1) is 23.1 Å². The van der Waals surface area contributed by atoms with Crippen LogP contribution in [0, 0.1) is 17.8 Å². The summed E-state index contributed by atoms with van der Waals surface area (Å²) in [6, 6.07) is 31.3. The van der Waals surface area contributed by atoms with Gasteiger partial charge in [-0.1, -0.05) is 106 Å². The molecule has 1 unspecified atom stereocenters. The van der Waals surface area contributed by atoms with Gasteiger partial charge in [0.05, 0.1) is 52.0 Å². The number of morpholine rings is 1. The first-order valence-electron chi connectivity index (χ1n) is 38.7. The number of allylic oxidation sites excluding steroid dienone is 1. The van der Waals surface area contributed by atoms with Gasteiger partial charge in [-0.2, -0.15) is 13.2 Å². The molecule has 5 aromatic carbocycles. The number of ether oxygens (including phenoxy) is 1. The number of aryl methyl sites for hydroxylation is 1. The Kier molecular flexibility index (Phi) is 28.9. The number of carbonyl (C=O) groups excluding carboxylic acids is 5. The summed E-state index contributed by atoms with van der Waals surface area (Å²) in [5.41, 5.74) is 2.28. The second-order valence-corrected chi connectivity index (χ2v) is 37.7. The molecule has 0 bridgehead atoms. The van der Waals surface area contributed by atoms with Crippen molar-refractivity contribution in [2.75, 3.05) is 108 Å². The minimum Gasteiger partial charge on any atom is -0.391 e. The second-order valence-electron chi connectivity index (χ2n) is 31.7.